The Labute approximate surface area is 163 Å². The number of thioether (sulfide) groups is 1. The van der Waals surface area contributed by atoms with Gasteiger partial charge in [0.2, 0.25) is 5.13 Å². The molecule has 0 saturated heterocycles. The van der Waals surface area contributed by atoms with Gasteiger partial charge in [-0.15, -0.1) is 10.2 Å². The Hall–Kier alpha value is -1.60. The molecule has 25 heavy (non-hydrogen) atoms. The molecular formula is C17H13Cl2N3OS2. The van der Waals surface area contributed by atoms with Crippen molar-refractivity contribution < 1.29 is 4.79 Å². The highest BCUT2D eigenvalue weighted by Crippen LogP contribution is 2.29. The minimum atomic E-state index is -0.301. The van der Waals surface area contributed by atoms with Gasteiger partial charge in [0, 0.05) is 11.3 Å². The van der Waals surface area contributed by atoms with Gasteiger partial charge in [0.15, 0.2) is 4.34 Å². The number of hydrogen-bond acceptors (Lipinski definition) is 5. The summed E-state index contributed by atoms with van der Waals surface area (Å²) < 4.78 is 0.799. The summed E-state index contributed by atoms with van der Waals surface area (Å²) in [7, 11) is 0. The number of carbonyl (C=O) groups excluding carboxylic acids is 1. The predicted octanol–water partition coefficient (Wildman–Crippen LogP) is 5.70. The summed E-state index contributed by atoms with van der Waals surface area (Å²) in [4.78, 5) is 12.2. The molecule has 0 saturated carbocycles. The van der Waals surface area contributed by atoms with E-state index in [2.05, 4.69) is 34.6 Å². The Bertz CT molecular complexity index is 914. The SMILES string of the molecule is Cc1ccccc1CSc1nnc(NC(=O)c2ccc(Cl)c(Cl)c2)s1. The molecule has 0 aliphatic rings. The van der Waals surface area contributed by atoms with E-state index in [1.54, 1.807) is 23.9 Å². The fraction of sp³-hybridized carbons (Fsp3) is 0.118. The lowest BCUT2D eigenvalue weighted by atomic mass is 10.1. The van der Waals surface area contributed by atoms with Crippen molar-refractivity contribution in [2.45, 2.75) is 17.0 Å². The quantitative estimate of drug-likeness (QED) is 0.433. The maximum Gasteiger partial charge on any atom is 0.257 e. The van der Waals surface area contributed by atoms with Crippen LogP contribution in [0.4, 0.5) is 5.13 Å². The van der Waals surface area contributed by atoms with E-state index in [-0.39, 0.29) is 5.91 Å². The molecular weight excluding hydrogens is 397 g/mol. The summed E-state index contributed by atoms with van der Waals surface area (Å²) in [6.45, 7) is 2.08. The Balaban J connectivity index is 1.62. The molecule has 0 fully saturated rings. The molecule has 2 aromatic carbocycles. The maximum atomic E-state index is 12.2. The molecule has 1 heterocycles. The standard InChI is InChI=1S/C17H13Cl2N3OS2/c1-10-4-2-3-5-12(10)9-24-17-22-21-16(25-17)20-15(23)11-6-7-13(18)14(19)8-11/h2-8H,9H2,1H3,(H,20,21,23). The lowest BCUT2D eigenvalue weighted by Gasteiger charge is -2.03. The first-order valence-electron chi connectivity index (χ1n) is 7.30. The second kappa shape index (κ2) is 8.19. The van der Waals surface area contributed by atoms with E-state index in [1.807, 2.05) is 12.1 Å². The zero-order valence-corrected chi connectivity index (χ0v) is 16.3. The monoisotopic (exact) mass is 409 g/mol. The maximum absolute atomic E-state index is 12.2. The van der Waals surface area contributed by atoms with Crippen molar-refractivity contribution in [1.82, 2.24) is 10.2 Å². The van der Waals surface area contributed by atoms with Crippen molar-refractivity contribution in [2.75, 3.05) is 5.32 Å². The van der Waals surface area contributed by atoms with Gasteiger partial charge >= 0.3 is 0 Å². The van der Waals surface area contributed by atoms with Crippen LogP contribution in [-0.4, -0.2) is 16.1 Å². The Kier molecular flexibility index (Phi) is 5.96. The van der Waals surface area contributed by atoms with E-state index in [0.717, 1.165) is 10.1 Å². The second-order valence-electron chi connectivity index (χ2n) is 5.17. The van der Waals surface area contributed by atoms with Crippen molar-refractivity contribution in [2.24, 2.45) is 0 Å². The second-order valence-corrected chi connectivity index (χ2v) is 8.19. The molecule has 0 radical (unpaired) electrons. The van der Waals surface area contributed by atoms with E-state index in [9.17, 15) is 4.79 Å². The van der Waals surface area contributed by atoms with Gasteiger partial charge < -0.3 is 0 Å². The average molecular weight is 410 g/mol. The van der Waals surface area contributed by atoms with Crippen LogP contribution in [0.5, 0.6) is 0 Å². The zero-order chi connectivity index (χ0) is 17.8. The topological polar surface area (TPSA) is 54.9 Å². The summed E-state index contributed by atoms with van der Waals surface area (Å²) in [5.41, 5.74) is 2.91. The third-order valence-corrected chi connectivity index (χ3v) is 6.18. The first-order valence-corrected chi connectivity index (χ1v) is 9.86. The van der Waals surface area contributed by atoms with Crippen LogP contribution < -0.4 is 5.32 Å². The highest BCUT2D eigenvalue weighted by atomic mass is 35.5. The molecule has 3 rings (SSSR count). The normalized spacial score (nSPS) is 10.7. The highest BCUT2D eigenvalue weighted by Gasteiger charge is 2.12. The van der Waals surface area contributed by atoms with Crippen molar-refractivity contribution in [3.63, 3.8) is 0 Å². The van der Waals surface area contributed by atoms with Gasteiger partial charge in [0.1, 0.15) is 0 Å². The van der Waals surface area contributed by atoms with Crippen LogP contribution in [-0.2, 0) is 5.75 Å². The molecule has 3 aromatic rings. The summed E-state index contributed by atoms with van der Waals surface area (Å²) in [5, 5.41) is 12.0. The van der Waals surface area contributed by atoms with Crippen LogP contribution in [0.1, 0.15) is 21.5 Å². The van der Waals surface area contributed by atoms with E-state index in [4.69, 9.17) is 23.2 Å². The third kappa shape index (κ3) is 4.73. The van der Waals surface area contributed by atoms with Crippen LogP contribution in [0.3, 0.4) is 0 Å². The van der Waals surface area contributed by atoms with Gasteiger partial charge in [-0.1, -0.05) is 70.6 Å². The zero-order valence-electron chi connectivity index (χ0n) is 13.1. The molecule has 0 unspecified atom stereocenters. The molecule has 1 N–H and O–H groups in total. The van der Waals surface area contributed by atoms with E-state index in [1.165, 1.54) is 28.5 Å². The van der Waals surface area contributed by atoms with Crippen LogP contribution in [0, 0.1) is 6.92 Å². The van der Waals surface area contributed by atoms with Crippen molar-refractivity contribution in [3.05, 3.63) is 69.2 Å². The number of amides is 1. The van der Waals surface area contributed by atoms with Gasteiger partial charge in [-0.2, -0.15) is 0 Å². The molecule has 0 atom stereocenters. The molecule has 1 amide bonds. The molecule has 0 aliphatic carbocycles. The number of aryl methyl sites for hydroxylation is 1. The Morgan fingerprint density at radius 2 is 1.96 bits per heavy atom. The number of nitrogens with one attached hydrogen (secondary N) is 1. The number of hydrogen-bond donors (Lipinski definition) is 1. The van der Waals surface area contributed by atoms with Gasteiger partial charge in [0.05, 0.1) is 10.0 Å². The number of nitrogens with zero attached hydrogens (tertiary/aromatic N) is 2. The van der Waals surface area contributed by atoms with Crippen LogP contribution in [0.2, 0.25) is 10.0 Å². The fourth-order valence-electron chi connectivity index (χ4n) is 2.04. The third-order valence-electron chi connectivity index (χ3n) is 3.42. The van der Waals surface area contributed by atoms with Gasteiger partial charge in [0.25, 0.3) is 5.91 Å². The summed E-state index contributed by atoms with van der Waals surface area (Å²) in [6, 6.07) is 12.9. The largest absolute Gasteiger partial charge is 0.296 e. The molecule has 128 valence electrons. The lowest BCUT2D eigenvalue weighted by Crippen LogP contribution is -2.11. The van der Waals surface area contributed by atoms with Crippen LogP contribution >= 0.6 is 46.3 Å². The number of halogens is 2. The van der Waals surface area contributed by atoms with E-state index in [0.29, 0.717) is 20.7 Å². The molecule has 0 spiro atoms. The number of aromatic nitrogens is 2. The van der Waals surface area contributed by atoms with Gasteiger partial charge in [-0.25, -0.2) is 0 Å². The summed E-state index contributed by atoms with van der Waals surface area (Å²) in [6.07, 6.45) is 0. The predicted molar refractivity (Wildman–Crippen MR) is 105 cm³/mol. The summed E-state index contributed by atoms with van der Waals surface area (Å²) in [5.74, 6) is 0.507. The van der Waals surface area contributed by atoms with Gasteiger partial charge in [-0.3, -0.25) is 10.1 Å². The first-order chi connectivity index (χ1) is 12.0. The Morgan fingerprint density at radius 1 is 1.16 bits per heavy atom. The number of carbonyl (C=O) groups is 1. The molecule has 8 heteroatoms. The van der Waals surface area contributed by atoms with Gasteiger partial charge in [-0.05, 0) is 36.2 Å². The summed E-state index contributed by atoms with van der Waals surface area (Å²) >= 11 is 14.7. The number of anilines is 1. The van der Waals surface area contributed by atoms with Crippen LogP contribution in [0.15, 0.2) is 46.8 Å². The average Bonchev–Trinajstić information content (AvgIpc) is 3.04. The number of rotatable bonds is 5. The molecule has 4 nitrogen and oxygen atoms in total. The minimum absolute atomic E-state index is 0.301. The number of benzene rings is 2. The van der Waals surface area contributed by atoms with E-state index < -0.39 is 0 Å². The lowest BCUT2D eigenvalue weighted by molar-refractivity contribution is 0.102. The molecule has 0 bridgehead atoms. The first kappa shape index (κ1) is 18.2. The fourth-order valence-corrected chi connectivity index (χ4v) is 4.16. The van der Waals surface area contributed by atoms with Crippen molar-refractivity contribution in [3.8, 4) is 0 Å². The van der Waals surface area contributed by atoms with Crippen molar-refractivity contribution >= 4 is 57.3 Å². The van der Waals surface area contributed by atoms with E-state index >= 15 is 0 Å². The molecule has 0 aliphatic heterocycles. The Morgan fingerprint density at radius 3 is 2.72 bits per heavy atom. The minimum Gasteiger partial charge on any atom is -0.296 e. The highest BCUT2D eigenvalue weighted by molar-refractivity contribution is 8.00. The van der Waals surface area contributed by atoms with Crippen molar-refractivity contribution in [1.29, 1.82) is 0 Å². The molecule has 1 aromatic heterocycles. The van der Waals surface area contributed by atoms with Crippen LogP contribution in [0.25, 0.3) is 0 Å². The smallest absolute Gasteiger partial charge is 0.257 e.